The van der Waals surface area contributed by atoms with Crippen LogP contribution in [0.2, 0.25) is 0 Å². The molecule has 0 bridgehead atoms. The summed E-state index contributed by atoms with van der Waals surface area (Å²) in [6, 6.07) is 10.5. The second-order valence-electron chi connectivity index (χ2n) is 6.43. The highest BCUT2D eigenvalue weighted by atomic mass is 32.2. The zero-order valence-electron chi connectivity index (χ0n) is 15.6. The summed E-state index contributed by atoms with van der Waals surface area (Å²) in [4.78, 5) is 21.5. The van der Waals surface area contributed by atoms with Crippen LogP contribution in [0.15, 0.2) is 65.3 Å². The third kappa shape index (κ3) is 4.86. The number of hydrogen-bond acceptors (Lipinski definition) is 5. The molecular formula is C21H13F4N3OS2. The van der Waals surface area contributed by atoms with Gasteiger partial charge in [-0.05, 0) is 35.9 Å². The fraction of sp³-hybridized carbons (Fsp3) is 0.0952. The molecule has 0 fully saturated rings. The predicted molar refractivity (Wildman–Crippen MR) is 114 cm³/mol. The molecule has 1 N–H and O–H groups in total. The van der Waals surface area contributed by atoms with Crippen molar-refractivity contribution in [3.8, 4) is 11.1 Å². The number of rotatable bonds is 5. The molecule has 4 nitrogen and oxygen atoms in total. The Morgan fingerprint density at radius 3 is 2.61 bits per heavy atom. The first kappa shape index (κ1) is 21.3. The summed E-state index contributed by atoms with van der Waals surface area (Å²) >= 11 is 2.55. The molecule has 4 aromatic rings. The number of thiophene rings is 1. The van der Waals surface area contributed by atoms with Crippen molar-refractivity contribution in [3.63, 3.8) is 0 Å². The molecule has 4 rings (SSSR count). The lowest BCUT2D eigenvalue weighted by Crippen LogP contribution is -2.15. The molecule has 0 spiro atoms. The quantitative estimate of drug-likeness (QED) is 0.216. The van der Waals surface area contributed by atoms with Gasteiger partial charge in [0, 0.05) is 16.6 Å². The molecule has 1 amide bonds. The van der Waals surface area contributed by atoms with Crippen LogP contribution in [0.5, 0.6) is 0 Å². The summed E-state index contributed by atoms with van der Waals surface area (Å²) in [6.07, 6.45) is -3.10. The monoisotopic (exact) mass is 463 g/mol. The summed E-state index contributed by atoms with van der Waals surface area (Å²) in [7, 11) is 0. The second-order valence-corrected chi connectivity index (χ2v) is 8.25. The maximum absolute atomic E-state index is 13.3. The number of amides is 1. The van der Waals surface area contributed by atoms with E-state index >= 15 is 0 Å². The summed E-state index contributed by atoms with van der Waals surface area (Å²) < 4.78 is 51.8. The normalized spacial score (nSPS) is 11.6. The van der Waals surface area contributed by atoms with Crippen molar-refractivity contribution >= 4 is 44.9 Å². The average molecular weight is 463 g/mol. The Balaban J connectivity index is 1.52. The van der Waals surface area contributed by atoms with Crippen molar-refractivity contribution in [2.24, 2.45) is 0 Å². The van der Waals surface area contributed by atoms with Gasteiger partial charge >= 0.3 is 6.18 Å². The van der Waals surface area contributed by atoms with Crippen molar-refractivity contribution in [2.75, 3.05) is 11.1 Å². The highest BCUT2D eigenvalue weighted by Crippen LogP contribution is 2.38. The van der Waals surface area contributed by atoms with E-state index in [1.54, 1.807) is 12.1 Å². The van der Waals surface area contributed by atoms with E-state index in [2.05, 4.69) is 15.3 Å². The number of benzene rings is 2. The minimum absolute atomic E-state index is 0.0545. The van der Waals surface area contributed by atoms with Gasteiger partial charge in [0.2, 0.25) is 5.91 Å². The molecule has 0 atom stereocenters. The minimum Gasteiger partial charge on any atom is -0.325 e. The fourth-order valence-corrected chi connectivity index (χ4v) is 4.70. The van der Waals surface area contributed by atoms with Crippen molar-refractivity contribution in [1.82, 2.24) is 9.97 Å². The molecule has 158 valence electrons. The lowest BCUT2D eigenvalue weighted by molar-refractivity contribution is -0.137. The Labute approximate surface area is 182 Å². The van der Waals surface area contributed by atoms with Crippen LogP contribution in [0, 0.1) is 5.82 Å². The molecule has 0 saturated carbocycles. The number of nitrogens with zero attached hydrogens (tertiary/aromatic N) is 2. The smallest absolute Gasteiger partial charge is 0.325 e. The van der Waals surface area contributed by atoms with Crippen LogP contribution in [0.25, 0.3) is 21.3 Å². The summed E-state index contributed by atoms with van der Waals surface area (Å²) in [6.45, 7) is 0. The van der Waals surface area contributed by atoms with Crippen molar-refractivity contribution in [1.29, 1.82) is 0 Å². The predicted octanol–water partition coefficient (Wildman–Crippen LogP) is 6.25. The highest BCUT2D eigenvalue weighted by molar-refractivity contribution is 8.00. The van der Waals surface area contributed by atoms with E-state index in [4.69, 9.17) is 0 Å². The van der Waals surface area contributed by atoms with Crippen LogP contribution in [-0.2, 0) is 11.0 Å². The largest absolute Gasteiger partial charge is 0.416 e. The maximum atomic E-state index is 13.3. The number of alkyl halides is 3. The van der Waals surface area contributed by atoms with Gasteiger partial charge in [-0.1, -0.05) is 30.0 Å². The second kappa shape index (κ2) is 8.64. The lowest BCUT2D eigenvalue weighted by atomic mass is 10.1. The molecule has 0 unspecified atom stereocenters. The standard InChI is InChI=1S/C21H13F4N3OS2/c22-14-6-4-12(5-7-14)16-9-30-19-18(16)20(27-11-26-19)31-10-17(29)28-15-3-1-2-13(8-15)21(23,24)25/h1-9,11H,10H2,(H,28,29). The van der Waals surface area contributed by atoms with Gasteiger partial charge in [-0.2, -0.15) is 13.2 Å². The highest BCUT2D eigenvalue weighted by Gasteiger charge is 2.30. The molecule has 10 heteroatoms. The number of nitrogens with one attached hydrogen (secondary N) is 1. The first-order valence-corrected chi connectivity index (χ1v) is 10.8. The van der Waals surface area contributed by atoms with Gasteiger partial charge < -0.3 is 5.32 Å². The van der Waals surface area contributed by atoms with Crippen LogP contribution in [0.4, 0.5) is 23.2 Å². The van der Waals surface area contributed by atoms with Crippen LogP contribution in [0.1, 0.15) is 5.56 Å². The van der Waals surface area contributed by atoms with E-state index in [-0.39, 0.29) is 17.3 Å². The number of halogens is 4. The molecule has 0 saturated heterocycles. The number of carbonyl (C=O) groups excluding carboxylic acids is 1. The summed E-state index contributed by atoms with van der Waals surface area (Å²) in [5.74, 6) is -0.865. The Hall–Kier alpha value is -2.98. The van der Waals surface area contributed by atoms with Crippen LogP contribution in [-0.4, -0.2) is 21.6 Å². The van der Waals surface area contributed by atoms with E-state index < -0.39 is 17.6 Å². The van der Waals surface area contributed by atoms with E-state index in [0.717, 1.165) is 45.2 Å². The number of hydrogen-bond donors (Lipinski definition) is 1. The van der Waals surface area contributed by atoms with Gasteiger partial charge in [0.25, 0.3) is 0 Å². The molecule has 2 heterocycles. The Morgan fingerprint density at radius 1 is 1.10 bits per heavy atom. The summed E-state index contributed by atoms with van der Waals surface area (Å²) in [5, 5.41) is 5.67. The van der Waals surface area contributed by atoms with Gasteiger partial charge in [0.1, 0.15) is 22.0 Å². The van der Waals surface area contributed by atoms with Gasteiger partial charge in [-0.15, -0.1) is 11.3 Å². The topological polar surface area (TPSA) is 54.9 Å². The van der Waals surface area contributed by atoms with Crippen LogP contribution >= 0.6 is 23.1 Å². The van der Waals surface area contributed by atoms with E-state index in [9.17, 15) is 22.4 Å². The molecule has 2 aromatic carbocycles. The van der Waals surface area contributed by atoms with Gasteiger partial charge in [0.05, 0.1) is 16.7 Å². The van der Waals surface area contributed by atoms with Gasteiger partial charge in [-0.25, -0.2) is 14.4 Å². The molecule has 0 radical (unpaired) electrons. The lowest BCUT2D eigenvalue weighted by Gasteiger charge is -2.10. The number of aromatic nitrogens is 2. The maximum Gasteiger partial charge on any atom is 0.416 e. The molecular weight excluding hydrogens is 450 g/mol. The number of fused-ring (bicyclic) bond motifs is 1. The van der Waals surface area contributed by atoms with Gasteiger partial charge in [-0.3, -0.25) is 4.79 Å². The van der Waals surface area contributed by atoms with Gasteiger partial charge in [0.15, 0.2) is 0 Å². The molecule has 0 aliphatic heterocycles. The molecule has 2 aromatic heterocycles. The SMILES string of the molecule is O=C(CSc1ncnc2scc(-c3ccc(F)cc3)c12)Nc1cccc(C(F)(F)F)c1. The number of carbonyl (C=O) groups is 1. The fourth-order valence-electron chi connectivity index (χ4n) is 2.90. The third-order valence-corrected chi connectivity index (χ3v) is 6.18. The number of anilines is 1. The molecule has 0 aliphatic carbocycles. The van der Waals surface area contributed by atoms with Crippen molar-refractivity contribution in [2.45, 2.75) is 11.2 Å². The third-order valence-electron chi connectivity index (χ3n) is 4.30. The zero-order chi connectivity index (χ0) is 22.0. The molecule has 0 aliphatic rings. The molecule has 31 heavy (non-hydrogen) atoms. The van der Waals surface area contributed by atoms with E-state index in [1.165, 1.54) is 41.9 Å². The average Bonchev–Trinajstić information content (AvgIpc) is 3.17. The summed E-state index contributed by atoms with van der Waals surface area (Å²) in [5.41, 5.74) is 0.840. The van der Waals surface area contributed by atoms with Crippen LogP contribution in [0.3, 0.4) is 0 Å². The minimum atomic E-state index is -4.49. The van der Waals surface area contributed by atoms with E-state index in [0.29, 0.717) is 5.03 Å². The first-order chi connectivity index (χ1) is 14.8. The van der Waals surface area contributed by atoms with Crippen molar-refractivity contribution in [3.05, 3.63) is 71.6 Å². The van der Waals surface area contributed by atoms with Crippen LogP contribution < -0.4 is 5.32 Å². The first-order valence-electron chi connectivity index (χ1n) is 8.89. The Bertz CT molecular complexity index is 1240. The Kier molecular flexibility index (Phi) is 5.92. The number of thioether (sulfide) groups is 1. The zero-order valence-corrected chi connectivity index (χ0v) is 17.2. The Morgan fingerprint density at radius 2 is 1.87 bits per heavy atom. The van der Waals surface area contributed by atoms with Crippen molar-refractivity contribution < 1.29 is 22.4 Å². The van der Waals surface area contributed by atoms with E-state index in [1.807, 2.05) is 5.38 Å².